The lowest BCUT2D eigenvalue weighted by Gasteiger charge is -1.99. The molecule has 2 aromatic rings. The zero-order chi connectivity index (χ0) is 11.0. The van der Waals surface area contributed by atoms with E-state index in [0.717, 1.165) is 18.7 Å². The quantitative estimate of drug-likeness (QED) is 0.754. The topological polar surface area (TPSA) is 44.0 Å². The summed E-state index contributed by atoms with van der Waals surface area (Å²) in [6, 6.07) is 2.04. The second-order valence-corrected chi connectivity index (χ2v) is 4.18. The molecule has 0 atom stereocenters. The van der Waals surface area contributed by atoms with Gasteiger partial charge in [0.2, 0.25) is 0 Å². The van der Waals surface area contributed by atoms with Crippen LogP contribution in [0.2, 0.25) is 0 Å². The monoisotopic (exact) mass is 214 g/mol. The van der Waals surface area contributed by atoms with Crippen LogP contribution < -0.4 is 5.32 Å². The van der Waals surface area contributed by atoms with E-state index in [9.17, 15) is 0 Å². The summed E-state index contributed by atoms with van der Waals surface area (Å²) in [6.45, 7) is 1.91. The molecule has 0 unspecified atom stereocenters. The standard InChI is InChI=1S/C12H14N4/c1-16-7-10(15-8-16)4-9-5-14-12-6-13-3-2-11(9)12/h2-6,14-15H,7-8H2,1H3/b10-4-. The largest absolute Gasteiger partial charge is 0.375 e. The Labute approximate surface area is 94.0 Å². The number of H-pyrrole nitrogens is 1. The van der Waals surface area contributed by atoms with E-state index in [0.29, 0.717) is 0 Å². The second-order valence-electron chi connectivity index (χ2n) is 4.18. The number of nitrogens with zero attached hydrogens (tertiary/aromatic N) is 2. The predicted molar refractivity (Wildman–Crippen MR) is 64.7 cm³/mol. The fourth-order valence-electron chi connectivity index (χ4n) is 2.04. The third-order valence-corrected chi connectivity index (χ3v) is 2.86. The van der Waals surface area contributed by atoms with Crippen molar-refractivity contribution in [2.75, 3.05) is 20.3 Å². The van der Waals surface area contributed by atoms with E-state index in [-0.39, 0.29) is 0 Å². The van der Waals surface area contributed by atoms with Gasteiger partial charge in [-0.05, 0) is 19.2 Å². The van der Waals surface area contributed by atoms with Gasteiger partial charge in [0.15, 0.2) is 0 Å². The molecule has 0 bridgehead atoms. The van der Waals surface area contributed by atoms with Crippen molar-refractivity contribution in [3.05, 3.63) is 35.9 Å². The van der Waals surface area contributed by atoms with Crippen LogP contribution in [-0.2, 0) is 0 Å². The van der Waals surface area contributed by atoms with Crippen molar-refractivity contribution in [2.24, 2.45) is 0 Å². The van der Waals surface area contributed by atoms with E-state index in [1.165, 1.54) is 16.6 Å². The van der Waals surface area contributed by atoms with Crippen molar-refractivity contribution in [3.8, 4) is 0 Å². The van der Waals surface area contributed by atoms with Crippen LogP contribution in [-0.4, -0.2) is 35.1 Å². The Bertz CT molecular complexity index is 541. The van der Waals surface area contributed by atoms with Gasteiger partial charge >= 0.3 is 0 Å². The van der Waals surface area contributed by atoms with Crippen LogP contribution in [0.3, 0.4) is 0 Å². The molecule has 1 aliphatic rings. The van der Waals surface area contributed by atoms with E-state index in [1.807, 2.05) is 24.7 Å². The highest BCUT2D eigenvalue weighted by molar-refractivity contribution is 5.88. The van der Waals surface area contributed by atoms with E-state index in [1.54, 1.807) is 0 Å². The van der Waals surface area contributed by atoms with Gasteiger partial charge in [-0.25, -0.2) is 0 Å². The molecule has 2 aromatic heterocycles. The molecule has 3 rings (SSSR count). The van der Waals surface area contributed by atoms with Crippen LogP contribution in [0.1, 0.15) is 5.56 Å². The molecule has 16 heavy (non-hydrogen) atoms. The average Bonchev–Trinajstić information content (AvgIpc) is 2.87. The molecule has 4 heteroatoms. The molecule has 4 nitrogen and oxygen atoms in total. The van der Waals surface area contributed by atoms with Gasteiger partial charge in [0.1, 0.15) is 0 Å². The Hall–Kier alpha value is -1.81. The van der Waals surface area contributed by atoms with Crippen LogP contribution in [0.15, 0.2) is 30.4 Å². The zero-order valence-corrected chi connectivity index (χ0v) is 9.20. The maximum absolute atomic E-state index is 4.09. The minimum Gasteiger partial charge on any atom is -0.375 e. The first-order valence-electron chi connectivity index (χ1n) is 5.37. The summed E-state index contributed by atoms with van der Waals surface area (Å²) in [4.78, 5) is 9.56. The highest BCUT2D eigenvalue weighted by Crippen LogP contribution is 2.19. The van der Waals surface area contributed by atoms with Gasteiger partial charge in [-0.3, -0.25) is 9.88 Å². The molecular formula is C12H14N4. The Kier molecular flexibility index (Phi) is 2.15. The van der Waals surface area contributed by atoms with Gasteiger partial charge < -0.3 is 10.3 Å². The maximum Gasteiger partial charge on any atom is 0.0676 e. The molecule has 0 spiro atoms. The second kappa shape index (κ2) is 3.64. The number of aromatic nitrogens is 2. The molecule has 0 aromatic carbocycles. The van der Waals surface area contributed by atoms with Crippen LogP contribution >= 0.6 is 0 Å². The van der Waals surface area contributed by atoms with Crippen molar-refractivity contribution in [1.29, 1.82) is 0 Å². The van der Waals surface area contributed by atoms with Gasteiger partial charge in [0, 0.05) is 35.6 Å². The lowest BCUT2D eigenvalue weighted by Crippen LogP contribution is -2.15. The van der Waals surface area contributed by atoms with Crippen molar-refractivity contribution in [2.45, 2.75) is 0 Å². The number of likely N-dealkylation sites (N-methyl/N-ethyl adjacent to an activating group) is 1. The molecule has 1 aliphatic heterocycles. The van der Waals surface area contributed by atoms with Gasteiger partial charge in [-0.2, -0.15) is 0 Å². The molecule has 3 heterocycles. The van der Waals surface area contributed by atoms with Gasteiger partial charge in [0.05, 0.1) is 18.4 Å². The van der Waals surface area contributed by atoms with Crippen LogP contribution in [0.25, 0.3) is 17.0 Å². The van der Waals surface area contributed by atoms with Crippen molar-refractivity contribution in [1.82, 2.24) is 20.2 Å². The highest BCUT2D eigenvalue weighted by atomic mass is 15.3. The Balaban J connectivity index is 2.01. The first-order valence-corrected chi connectivity index (χ1v) is 5.37. The number of hydrogen-bond donors (Lipinski definition) is 2. The summed E-state index contributed by atoms with van der Waals surface area (Å²) < 4.78 is 0. The molecular weight excluding hydrogens is 200 g/mol. The van der Waals surface area contributed by atoms with Crippen molar-refractivity contribution in [3.63, 3.8) is 0 Å². The summed E-state index contributed by atoms with van der Waals surface area (Å²) in [5, 5.41) is 4.59. The summed E-state index contributed by atoms with van der Waals surface area (Å²) >= 11 is 0. The third-order valence-electron chi connectivity index (χ3n) is 2.86. The SMILES string of the molecule is CN1CN/C(=C\c2c[nH]c3cnccc23)C1. The Morgan fingerprint density at radius 1 is 1.50 bits per heavy atom. The predicted octanol–water partition coefficient (Wildman–Crippen LogP) is 1.40. The summed E-state index contributed by atoms with van der Waals surface area (Å²) in [5.41, 5.74) is 3.57. The highest BCUT2D eigenvalue weighted by Gasteiger charge is 2.11. The number of aromatic amines is 1. The Morgan fingerprint density at radius 2 is 2.44 bits per heavy atom. The Morgan fingerprint density at radius 3 is 3.25 bits per heavy atom. The molecule has 0 aliphatic carbocycles. The molecule has 0 amide bonds. The van der Waals surface area contributed by atoms with Crippen LogP contribution in [0.5, 0.6) is 0 Å². The minimum absolute atomic E-state index is 0.926. The summed E-state index contributed by atoms with van der Waals surface area (Å²) in [5.74, 6) is 0. The summed E-state index contributed by atoms with van der Waals surface area (Å²) in [6.07, 6.45) is 7.90. The van der Waals surface area contributed by atoms with Crippen LogP contribution in [0, 0.1) is 0 Å². The van der Waals surface area contributed by atoms with E-state index >= 15 is 0 Å². The first-order chi connectivity index (χ1) is 7.83. The number of pyridine rings is 1. The number of fused-ring (bicyclic) bond motifs is 1. The molecule has 1 saturated heterocycles. The van der Waals surface area contributed by atoms with E-state index in [2.05, 4.69) is 33.3 Å². The molecule has 82 valence electrons. The lowest BCUT2D eigenvalue weighted by atomic mass is 10.2. The van der Waals surface area contributed by atoms with Gasteiger partial charge in [-0.15, -0.1) is 0 Å². The fraction of sp³-hybridized carbons (Fsp3) is 0.250. The van der Waals surface area contributed by atoms with Gasteiger partial charge in [-0.1, -0.05) is 0 Å². The maximum atomic E-state index is 4.09. The van der Waals surface area contributed by atoms with E-state index < -0.39 is 0 Å². The van der Waals surface area contributed by atoms with Crippen molar-refractivity contribution < 1.29 is 0 Å². The third kappa shape index (κ3) is 1.57. The molecule has 1 fully saturated rings. The lowest BCUT2D eigenvalue weighted by molar-refractivity contribution is 0.414. The average molecular weight is 214 g/mol. The fourth-order valence-corrected chi connectivity index (χ4v) is 2.04. The summed E-state index contributed by atoms with van der Waals surface area (Å²) in [7, 11) is 2.10. The smallest absolute Gasteiger partial charge is 0.0676 e. The minimum atomic E-state index is 0.926. The number of rotatable bonds is 1. The van der Waals surface area contributed by atoms with Crippen molar-refractivity contribution >= 4 is 17.0 Å². The number of hydrogen-bond acceptors (Lipinski definition) is 3. The van der Waals surface area contributed by atoms with E-state index in [4.69, 9.17) is 0 Å². The first kappa shape index (κ1) is 9.42. The normalized spacial score (nSPS) is 19.4. The van der Waals surface area contributed by atoms with Gasteiger partial charge in [0.25, 0.3) is 0 Å². The van der Waals surface area contributed by atoms with Crippen LogP contribution in [0.4, 0.5) is 0 Å². The zero-order valence-electron chi connectivity index (χ0n) is 9.20. The molecule has 2 N–H and O–H groups in total. The molecule has 0 radical (unpaired) electrons. The number of nitrogens with one attached hydrogen (secondary N) is 2. The molecule has 0 saturated carbocycles.